The molecule has 0 saturated heterocycles. The highest BCUT2D eigenvalue weighted by atomic mass is 16.5. The molecular formula is C19H16N6O4. The number of aromatic carboxylic acids is 1. The predicted molar refractivity (Wildman–Crippen MR) is 102 cm³/mol. The largest absolute Gasteiger partial charge is 0.491 e. The van der Waals surface area contributed by atoms with Gasteiger partial charge in [0.1, 0.15) is 18.2 Å². The minimum atomic E-state index is -1.17. The number of aromatic nitrogens is 4. The Hall–Kier alpha value is -4.39. The second-order valence-electron chi connectivity index (χ2n) is 5.65. The lowest BCUT2D eigenvalue weighted by atomic mass is 10.1. The second kappa shape index (κ2) is 9.01. The number of nitrogens with one attached hydrogen (secondary N) is 2. The van der Waals surface area contributed by atoms with E-state index in [2.05, 4.69) is 25.9 Å². The van der Waals surface area contributed by atoms with Crippen LogP contribution >= 0.6 is 0 Å². The summed E-state index contributed by atoms with van der Waals surface area (Å²) >= 11 is 0. The van der Waals surface area contributed by atoms with Crippen molar-refractivity contribution in [2.24, 2.45) is 0 Å². The van der Waals surface area contributed by atoms with Crippen LogP contribution in [0, 0.1) is 11.3 Å². The Morgan fingerprint density at radius 2 is 2.10 bits per heavy atom. The average Bonchev–Trinajstić information content (AvgIpc) is 3.27. The van der Waals surface area contributed by atoms with Crippen LogP contribution in [0.3, 0.4) is 0 Å². The molecule has 3 aromatic rings. The molecule has 29 heavy (non-hydrogen) atoms. The number of carboxylic acid groups (broad SMARTS) is 1. The Bertz CT molecular complexity index is 1060. The fourth-order valence-corrected chi connectivity index (χ4v) is 2.50. The number of nitriles is 1. The van der Waals surface area contributed by atoms with Crippen molar-refractivity contribution in [3.63, 3.8) is 0 Å². The number of H-pyrrole nitrogens is 1. The van der Waals surface area contributed by atoms with Gasteiger partial charge in [0.05, 0.1) is 18.4 Å². The summed E-state index contributed by atoms with van der Waals surface area (Å²) in [6.45, 7) is 0.269. The normalized spacial score (nSPS) is 10.8. The molecular weight excluding hydrogens is 376 g/mol. The molecule has 3 N–H and O–H groups in total. The summed E-state index contributed by atoms with van der Waals surface area (Å²) < 4.78 is 11.2. The zero-order valence-electron chi connectivity index (χ0n) is 15.3. The Labute approximate surface area is 165 Å². The number of ether oxygens (including phenoxy) is 2. The van der Waals surface area contributed by atoms with Gasteiger partial charge in [0, 0.05) is 6.20 Å². The molecule has 10 heteroatoms. The van der Waals surface area contributed by atoms with Crippen molar-refractivity contribution >= 4 is 17.2 Å². The number of allylic oxidation sites excluding steroid dienone is 1. The van der Waals surface area contributed by atoms with Crippen molar-refractivity contribution in [1.29, 1.82) is 5.26 Å². The molecule has 0 atom stereocenters. The molecule has 0 radical (unpaired) electrons. The van der Waals surface area contributed by atoms with E-state index < -0.39 is 5.97 Å². The monoisotopic (exact) mass is 392 g/mol. The highest BCUT2D eigenvalue weighted by Crippen LogP contribution is 2.39. The Balaban J connectivity index is 1.95. The third kappa shape index (κ3) is 4.48. The lowest BCUT2D eigenvalue weighted by molar-refractivity contribution is 0.0697. The van der Waals surface area contributed by atoms with Crippen LogP contribution < -0.4 is 14.8 Å². The number of hydrogen-bond donors (Lipinski definition) is 3. The van der Waals surface area contributed by atoms with Gasteiger partial charge in [-0.2, -0.15) is 10.5 Å². The van der Waals surface area contributed by atoms with E-state index in [0.29, 0.717) is 5.75 Å². The molecule has 146 valence electrons. The SMILES string of the molecule is COc1c(OCc2ccccc2)ccc(C(=O)O)c1NC=C(C#N)c1nn[nH]n1. The lowest BCUT2D eigenvalue weighted by Gasteiger charge is -2.16. The van der Waals surface area contributed by atoms with Gasteiger partial charge in [0.2, 0.25) is 5.82 Å². The number of nitrogens with zero attached hydrogens (tertiary/aromatic N) is 4. The molecule has 0 bridgehead atoms. The first-order valence-corrected chi connectivity index (χ1v) is 8.35. The zero-order valence-corrected chi connectivity index (χ0v) is 15.3. The maximum Gasteiger partial charge on any atom is 0.337 e. The van der Waals surface area contributed by atoms with Crippen molar-refractivity contribution in [1.82, 2.24) is 20.6 Å². The fourth-order valence-electron chi connectivity index (χ4n) is 2.50. The Kier molecular flexibility index (Phi) is 6.02. The smallest absolute Gasteiger partial charge is 0.337 e. The van der Waals surface area contributed by atoms with Crippen LogP contribution in [-0.4, -0.2) is 38.8 Å². The molecule has 0 fully saturated rings. The first-order valence-electron chi connectivity index (χ1n) is 8.35. The minimum Gasteiger partial charge on any atom is -0.491 e. The summed E-state index contributed by atoms with van der Waals surface area (Å²) in [5.74, 6) is -0.586. The maximum atomic E-state index is 11.7. The summed E-state index contributed by atoms with van der Waals surface area (Å²) in [6, 6.07) is 14.3. The fraction of sp³-hybridized carbons (Fsp3) is 0.105. The third-order valence-electron chi connectivity index (χ3n) is 3.86. The molecule has 10 nitrogen and oxygen atoms in total. The van der Waals surface area contributed by atoms with E-state index in [1.54, 1.807) is 0 Å². The van der Waals surface area contributed by atoms with Gasteiger partial charge < -0.3 is 19.9 Å². The number of tetrazole rings is 1. The third-order valence-corrected chi connectivity index (χ3v) is 3.86. The van der Waals surface area contributed by atoms with Gasteiger partial charge in [-0.1, -0.05) is 30.3 Å². The van der Waals surface area contributed by atoms with Crippen molar-refractivity contribution in [3.05, 3.63) is 65.6 Å². The van der Waals surface area contributed by atoms with Gasteiger partial charge in [-0.3, -0.25) is 0 Å². The van der Waals surface area contributed by atoms with Crippen molar-refractivity contribution in [3.8, 4) is 17.6 Å². The number of rotatable bonds is 8. The Morgan fingerprint density at radius 3 is 2.72 bits per heavy atom. The van der Waals surface area contributed by atoms with Gasteiger partial charge in [-0.15, -0.1) is 10.2 Å². The standard InChI is InChI=1S/C19H16N6O4/c1-28-17-15(29-11-12-5-3-2-4-6-12)8-7-14(19(26)27)16(17)21-10-13(9-20)18-22-24-25-23-18/h2-8,10,21H,11H2,1H3,(H,26,27)(H,22,23,24,25). The molecule has 0 aliphatic rings. The van der Waals surface area contributed by atoms with Crippen LogP contribution in [-0.2, 0) is 6.61 Å². The van der Waals surface area contributed by atoms with Crippen LogP contribution in [0.25, 0.3) is 5.57 Å². The van der Waals surface area contributed by atoms with Crippen molar-refractivity contribution in [2.45, 2.75) is 6.61 Å². The summed E-state index contributed by atoms with van der Waals surface area (Å²) in [5, 5.41) is 34.7. The van der Waals surface area contributed by atoms with E-state index >= 15 is 0 Å². The molecule has 0 saturated carbocycles. The molecule has 2 aromatic carbocycles. The molecule has 0 unspecified atom stereocenters. The Morgan fingerprint density at radius 1 is 1.31 bits per heavy atom. The first-order chi connectivity index (χ1) is 14.1. The molecule has 1 aromatic heterocycles. The molecule has 1 heterocycles. The maximum absolute atomic E-state index is 11.7. The summed E-state index contributed by atoms with van der Waals surface area (Å²) in [4.78, 5) is 11.7. The van der Waals surface area contributed by atoms with Crippen LogP contribution in [0.5, 0.6) is 11.5 Å². The lowest BCUT2D eigenvalue weighted by Crippen LogP contribution is -2.07. The van der Waals surface area contributed by atoms with Crippen LogP contribution in [0.15, 0.2) is 48.7 Å². The minimum absolute atomic E-state index is 0.0488. The van der Waals surface area contributed by atoms with E-state index in [-0.39, 0.29) is 35.0 Å². The van der Waals surface area contributed by atoms with E-state index in [9.17, 15) is 15.2 Å². The van der Waals surface area contributed by atoms with Crippen molar-refractivity contribution in [2.75, 3.05) is 12.4 Å². The average molecular weight is 392 g/mol. The number of hydrogen-bond acceptors (Lipinski definition) is 8. The second-order valence-corrected chi connectivity index (χ2v) is 5.65. The summed E-state index contributed by atoms with van der Waals surface area (Å²) in [5.41, 5.74) is 1.06. The van der Waals surface area contributed by atoms with Crippen LogP contribution in [0.4, 0.5) is 5.69 Å². The quantitative estimate of drug-likeness (QED) is 0.492. The van der Waals surface area contributed by atoms with Crippen molar-refractivity contribution < 1.29 is 19.4 Å². The molecule has 0 aliphatic carbocycles. The zero-order chi connectivity index (χ0) is 20.6. The number of aromatic amines is 1. The van der Waals surface area contributed by atoms with Gasteiger partial charge in [0.25, 0.3) is 0 Å². The predicted octanol–water partition coefficient (Wildman–Crippen LogP) is 2.46. The van der Waals surface area contributed by atoms with Gasteiger partial charge >= 0.3 is 5.97 Å². The van der Waals surface area contributed by atoms with E-state index in [1.165, 1.54) is 25.4 Å². The molecule has 3 rings (SSSR count). The van der Waals surface area contributed by atoms with Crippen LogP contribution in [0.1, 0.15) is 21.7 Å². The summed E-state index contributed by atoms with van der Waals surface area (Å²) in [7, 11) is 1.40. The van der Waals surface area contributed by atoms with E-state index in [1.807, 2.05) is 36.4 Å². The number of methoxy groups -OCH3 is 1. The highest BCUT2D eigenvalue weighted by Gasteiger charge is 2.20. The number of carbonyl (C=O) groups is 1. The van der Waals surface area contributed by atoms with Gasteiger partial charge in [-0.05, 0) is 22.9 Å². The number of anilines is 1. The number of benzene rings is 2. The number of carboxylic acids is 1. The molecule has 0 aliphatic heterocycles. The topological polar surface area (TPSA) is 146 Å². The van der Waals surface area contributed by atoms with Gasteiger partial charge in [-0.25, -0.2) is 4.79 Å². The highest BCUT2D eigenvalue weighted by molar-refractivity contribution is 5.97. The molecule has 0 spiro atoms. The first kappa shape index (κ1) is 19.4. The molecule has 0 amide bonds. The summed E-state index contributed by atoms with van der Waals surface area (Å²) in [6.07, 6.45) is 1.27. The van der Waals surface area contributed by atoms with E-state index in [4.69, 9.17) is 9.47 Å². The van der Waals surface area contributed by atoms with Gasteiger partial charge in [0.15, 0.2) is 11.5 Å². The van der Waals surface area contributed by atoms with Crippen LogP contribution in [0.2, 0.25) is 0 Å². The van der Waals surface area contributed by atoms with E-state index in [0.717, 1.165) is 5.56 Å².